The van der Waals surface area contributed by atoms with Crippen molar-refractivity contribution in [2.45, 2.75) is 12.8 Å². The van der Waals surface area contributed by atoms with Gasteiger partial charge in [0.2, 0.25) is 5.91 Å². The number of nitrogens with zero attached hydrogens (tertiary/aromatic N) is 3. The van der Waals surface area contributed by atoms with Crippen LogP contribution in [0.3, 0.4) is 0 Å². The number of thiazole rings is 2. The van der Waals surface area contributed by atoms with Crippen LogP contribution in [0.1, 0.15) is 16.1 Å². The van der Waals surface area contributed by atoms with Crippen LogP contribution >= 0.6 is 22.7 Å². The van der Waals surface area contributed by atoms with Crippen LogP contribution in [0.5, 0.6) is 0 Å². The Morgan fingerprint density at radius 1 is 1.07 bits per heavy atom. The minimum Gasteiger partial charge on any atom is -0.302 e. The number of hydrogen-bond donors (Lipinski definition) is 1. The zero-order valence-electron chi connectivity index (χ0n) is 14.3. The minimum atomic E-state index is -0.112. The molecule has 0 aliphatic rings. The molecule has 3 aromatic heterocycles. The number of anilines is 1. The largest absolute Gasteiger partial charge is 0.302 e. The number of carbonyl (C=O) groups is 1. The number of benzene rings is 1. The standard InChI is InChI=1S/C20H16N4OS2/c25-18(10-16-13-26-19(23-16)15-7-4-8-21-11-15)24-20-22-12-17(27-20)9-14-5-2-1-3-6-14/h1-8,11-13H,9-10H2,(H,22,24,25). The van der Waals surface area contributed by atoms with E-state index in [2.05, 4.69) is 32.4 Å². The Labute approximate surface area is 164 Å². The first-order valence-corrected chi connectivity index (χ1v) is 10.1. The van der Waals surface area contributed by atoms with E-state index in [4.69, 9.17) is 0 Å². The Kier molecular flexibility index (Phi) is 5.32. The highest BCUT2D eigenvalue weighted by Crippen LogP contribution is 2.24. The number of carbonyl (C=O) groups excluding carboxylic acids is 1. The lowest BCUT2D eigenvalue weighted by molar-refractivity contribution is -0.115. The fourth-order valence-electron chi connectivity index (χ4n) is 2.58. The fourth-order valence-corrected chi connectivity index (χ4v) is 4.26. The number of amides is 1. The van der Waals surface area contributed by atoms with Crippen molar-refractivity contribution in [2.75, 3.05) is 5.32 Å². The van der Waals surface area contributed by atoms with Crippen molar-refractivity contribution < 1.29 is 4.79 Å². The van der Waals surface area contributed by atoms with Crippen LogP contribution in [0.15, 0.2) is 66.4 Å². The lowest BCUT2D eigenvalue weighted by Gasteiger charge is -1.99. The summed E-state index contributed by atoms with van der Waals surface area (Å²) in [5.41, 5.74) is 2.93. The quantitative estimate of drug-likeness (QED) is 0.527. The van der Waals surface area contributed by atoms with Gasteiger partial charge in [0.15, 0.2) is 5.13 Å². The van der Waals surface area contributed by atoms with Crippen LogP contribution in [0.2, 0.25) is 0 Å². The summed E-state index contributed by atoms with van der Waals surface area (Å²) in [4.78, 5) is 26.3. The van der Waals surface area contributed by atoms with Gasteiger partial charge in [-0.05, 0) is 17.7 Å². The molecule has 0 saturated heterocycles. The van der Waals surface area contributed by atoms with Crippen LogP contribution in [0.25, 0.3) is 10.6 Å². The molecular formula is C20H16N4OS2. The SMILES string of the molecule is O=C(Cc1csc(-c2cccnc2)n1)Nc1ncc(Cc2ccccc2)s1. The maximum atomic E-state index is 12.3. The smallest absolute Gasteiger partial charge is 0.232 e. The Balaban J connectivity index is 1.35. The summed E-state index contributed by atoms with van der Waals surface area (Å²) in [6.45, 7) is 0. The van der Waals surface area contributed by atoms with Crippen LogP contribution < -0.4 is 5.32 Å². The predicted molar refractivity (Wildman–Crippen MR) is 109 cm³/mol. The third-order valence-corrected chi connectivity index (χ3v) is 5.68. The summed E-state index contributed by atoms with van der Waals surface area (Å²) < 4.78 is 0. The topological polar surface area (TPSA) is 67.8 Å². The number of rotatable bonds is 6. The molecule has 1 amide bonds. The average Bonchev–Trinajstić information content (AvgIpc) is 3.33. The van der Waals surface area contributed by atoms with Crippen molar-refractivity contribution in [3.05, 3.63) is 82.6 Å². The van der Waals surface area contributed by atoms with Gasteiger partial charge in [-0.25, -0.2) is 9.97 Å². The maximum absolute atomic E-state index is 12.3. The minimum absolute atomic E-state index is 0.112. The van der Waals surface area contributed by atoms with E-state index in [0.29, 0.717) is 5.13 Å². The van der Waals surface area contributed by atoms with Gasteiger partial charge in [0.1, 0.15) is 5.01 Å². The second-order valence-corrected chi connectivity index (χ2v) is 7.88. The molecule has 3 heterocycles. The lowest BCUT2D eigenvalue weighted by atomic mass is 10.1. The summed E-state index contributed by atoms with van der Waals surface area (Å²) in [5.74, 6) is -0.112. The molecule has 0 aliphatic carbocycles. The van der Waals surface area contributed by atoms with E-state index in [9.17, 15) is 4.79 Å². The Hall–Kier alpha value is -2.90. The molecule has 1 N–H and O–H groups in total. The molecule has 27 heavy (non-hydrogen) atoms. The van der Waals surface area contributed by atoms with Crippen molar-refractivity contribution in [2.24, 2.45) is 0 Å². The van der Waals surface area contributed by atoms with Crippen molar-refractivity contribution in [1.29, 1.82) is 0 Å². The molecule has 0 unspecified atom stereocenters. The fraction of sp³-hybridized carbons (Fsp3) is 0.100. The molecule has 7 heteroatoms. The average molecular weight is 393 g/mol. The first-order chi connectivity index (χ1) is 13.3. The molecule has 4 rings (SSSR count). The normalized spacial score (nSPS) is 10.7. The lowest BCUT2D eigenvalue weighted by Crippen LogP contribution is -2.14. The molecule has 134 valence electrons. The first kappa shape index (κ1) is 17.5. The summed E-state index contributed by atoms with van der Waals surface area (Å²) in [7, 11) is 0. The van der Waals surface area contributed by atoms with Crippen molar-refractivity contribution in [3.8, 4) is 10.6 Å². The van der Waals surface area contributed by atoms with Gasteiger partial charge in [-0.2, -0.15) is 0 Å². The van der Waals surface area contributed by atoms with E-state index in [0.717, 1.165) is 27.6 Å². The second-order valence-electron chi connectivity index (χ2n) is 5.90. The highest BCUT2D eigenvalue weighted by Gasteiger charge is 2.11. The van der Waals surface area contributed by atoms with Crippen LogP contribution in [0.4, 0.5) is 5.13 Å². The molecule has 0 aliphatic heterocycles. The Morgan fingerprint density at radius 2 is 1.96 bits per heavy atom. The van der Waals surface area contributed by atoms with E-state index in [1.54, 1.807) is 12.4 Å². The van der Waals surface area contributed by atoms with E-state index < -0.39 is 0 Å². The molecular weight excluding hydrogens is 376 g/mol. The summed E-state index contributed by atoms with van der Waals surface area (Å²) in [6.07, 6.45) is 6.36. The second kappa shape index (κ2) is 8.20. The molecule has 1 aromatic carbocycles. The summed E-state index contributed by atoms with van der Waals surface area (Å²) in [5, 5.41) is 6.26. The first-order valence-electron chi connectivity index (χ1n) is 8.39. The van der Waals surface area contributed by atoms with Gasteiger partial charge < -0.3 is 5.32 Å². The van der Waals surface area contributed by atoms with Gasteiger partial charge in [0.25, 0.3) is 0 Å². The zero-order valence-corrected chi connectivity index (χ0v) is 16.0. The molecule has 4 aromatic rings. The number of aromatic nitrogens is 3. The van der Waals surface area contributed by atoms with Gasteiger partial charge in [0, 0.05) is 40.8 Å². The maximum Gasteiger partial charge on any atom is 0.232 e. The van der Waals surface area contributed by atoms with E-state index >= 15 is 0 Å². The predicted octanol–water partition coefficient (Wildman–Crippen LogP) is 4.43. The van der Waals surface area contributed by atoms with Gasteiger partial charge in [-0.15, -0.1) is 22.7 Å². The number of hydrogen-bond acceptors (Lipinski definition) is 6. The van der Waals surface area contributed by atoms with Gasteiger partial charge in [0.05, 0.1) is 12.1 Å². The monoisotopic (exact) mass is 392 g/mol. The van der Waals surface area contributed by atoms with Crippen LogP contribution in [-0.4, -0.2) is 20.9 Å². The van der Waals surface area contributed by atoms with Crippen molar-refractivity contribution in [1.82, 2.24) is 15.0 Å². The van der Waals surface area contributed by atoms with E-state index in [1.165, 1.54) is 28.2 Å². The molecule has 0 saturated carbocycles. The Bertz CT molecular complexity index is 1030. The summed E-state index contributed by atoms with van der Waals surface area (Å²) >= 11 is 3.01. The molecule has 0 radical (unpaired) electrons. The highest BCUT2D eigenvalue weighted by molar-refractivity contribution is 7.15. The molecule has 0 bridgehead atoms. The third-order valence-electron chi connectivity index (χ3n) is 3.82. The number of nitrogens with one attached hydrogen (secondary N) is 1. The van der Waals surface area contributed by atoms with Crippen molar-refractivity contribution >= 4 is 33.7 Å². The third kappa shape index (κ3) is 4.64. The van der Waals surface area contributed by atoms with Crippen LogP contribution in [-0.2, 0) is 17.6 Å². The molecule has 0 atom stereocenters. The van der Waals surface area contributed by atoms with Crippen molar-refractivity contribution in [3.63, 3.8) is 0 Å². The number of pyridine rings is 1. The van der Waals surface area contributed by atoms with Gasteiger partial charge >= 0.3 is 0 Å². The molecule has 0 spiro atoms. The van der Waals surface area contributed by atoms with Gasteiger partial charge in [-0.3, -0.25) is 9.78 Å². The van der Waals surface area contributed by atoms with Gasteiger partial charge in [-0.1, -0.05) is 30.3 Å². The summed E-state index contributed by atoms with van der Waals surface area (Å²) in [6, 6.07) is 14.0. The zero-order chi connectivity index (χ0) is 18.5. The highest BCUT2D eigenvalue weighted by atomic mass is 32.1. The molecule has 5 nitrogen and oxygen atoms in total. The van der Waals surface area contributed by atoms with Crippen LogP contribution in [0, 0.1) is 0 Å². The molecule has 0 fully saturated rings. The Morgan fingerprint density at radius 3 is 2.78 bits per heavy atom. The van der Waals surface area contributed by atoms with E-state index in [1.807, 2.05) is 41.9 Å². The van der Waals surface area contributed by atoms with E-state index in [-0.39, 0.29) is 12.3 Å².